The lowest BCUT2D eigenvalue weighted by Gasteiger charge is -2.31. The van der Waals surface area contributed by atoms with E-state index in [1.165, 1.54) is 0 Å². The van der Waals surface area contributed by atoms with Gasteiger partial charge >= 0.3 is 36.1 Å². The van der Waals surface area contributed by atoms with E-state index in [0.717, 1.165) is 24.3 Å². The Morgan fingerprint density at radius 3 is 2.13 bits per heavy atom. The van der Waals surface area contributed by atoms with E-state index in [1.54, 1.807) is 0 Å². The van der Waals surface area contributed by atoms with Crippen LogP contribution in [0.4, 0.5) is 40.8 Å². The Labute approximate surface area is 161 Å². The van der Waals surface area contributed by atoms with Crippen LogP contribution < -0.4 is 4.74 Å². The van der Waals surface area contributed by atoms with Gasteiger partial charge in [0.1, 0.15) is 5.75 Å². The molecule has 0 spiro atoms. The molecule has 0 N–H and O–H groups in total. The van der Waals surface area contributed by atoms with Gasteiger partial charge in [0.2, 0.25) is 0 Å². The molecule has 0 unspecified atom stereocenters. The second kappa shape index (κ2) is 9.21. The molecule has 0 saturated heterocycles. The predicted octanol–water partition coefficient (Wildman–Crippen LogP) is 3.99. The molecule has 1 aromatic rings. The summed E-state index contributed by atoms with van der Waals surface area (Å²) in [4.78, 5) is 32.6. The molecule has 1 aromatic carbocycles. The Balaban J connectivity index is 2.59. The van der Waals surface area contributed by atoms with Crippen LogP contribution in [0.3, 0.4) is 0 Å². The summed E-state index contributed by atoms with van der Waals surface area (Å²) in [6, 6.07) is 4.21. The monoisotopic (exact) mass is 453 g/mol. The van der Waals surface area contributed by atoms with Gasteiger partial charge in [-0.05, 0) is 6.07 Å². The number of benzene rings is 1. The second-order valence-electron chi connectivity index (χ2n) is 5.59. The first-order valence-electron chi connectivity index (χ1n) is 7.64. The molecule has 30 heavy (non-hydrogen) atoms. The average molecular weight is 453 g/mol. The van der Waals surface area contributed by atoms with E-state index in [4.69, 9.17) is 0 Å². The van der Waals surface area contributed by atoms with Crippen LogP contribution >= 0.6 is 0 Å². The molecule has 0 aromatic heterocycles. The Morgan fingerprint density at radius 1 is 1.03 bits per heavy atom. The van der Waals surface area contributed by atoms with Crippen LogP contribution in [0.15, 0.2) is 24.3 Å². The number of esters is 2. The summed E-state index contributed by atoms with van der Waals surface area (Å²) in [6.07, 6.45) is -7.00. The van der Waals surface area contributed by atoms with Gasteiger partial charge in [-0.1, -0.05) is 6.07 Å². The summed E-state index contributed by atoms with van der Waals surface area (Å²) >= 11 is 0. The summed E-state index contributed by atoms with van der Waals surface area (Å²) < 4.78 is 110. The second-order valence-corrected chi connectivity index (χ2v) is 5.59. The number of carbonyl (C=O) groups is 2. The maximum absolute atomic E-state index is 13.2. The molecular weight excluding hydrogens is 442 g/mol. The van der Waals surface area contributed by atoms with Crippen LogP contribution in [0.5, 0.6) is 5.75 Å². The lowest BCUT2D eigenvalue weighted by atomic mass is 10.1. The summed E-state index contributed by atoms with van der Waals surface area (Å²) in [5.74, 6) is -22.0. The van der Waals surface area contributed by atoms with Gasteiger partial charge in [-0.15, -0.1) is 0 Å². The van der Waals surface area contributed by atoms with Crippen LogP contribution in [0.1, 0.15) is 12.8 Å². The number of halogens is 8. The zero-order valence-corrected chi connectivity index (χ0v) is 14.4. The van der Waals surface area contributed by atoms with Gasteiger partial charge in [-0.2, -0.15) is 26.3 Å². The lowest BCUT2D eigenvalue weighted by Crippen LogP contribution is -2.59. The van der Waals surface area contributed by atoms with Gasteiger partial charge in [0.15, 0.2) is 6.61 Å². The van der Waals surface area contributed by atoms with Gasteiger partial charge in [-0.3, -0.25) is 19.7 Å². The van der Waals surface area contributed by atoms with Crippen molar-refractivity contribution in [1.82, 2.24) is 0 Å². The summed E-state index contributed by atoms with van der Waals surface area (Å²) in [5.41, 5.74) is -0.441. The normalized spacial score (nSPS) is 12.6. The lowest BCUT2D eigenvalue weighted by molar-refractivity contribution is -0.384. The number of nitro groups is 1. The molecule has 168 valence electrons. The molecule has 0 heterocycles. The van der Waals surface area contributed by atoms with Crippen molar-refractivity contribution >= 4 is 17.6 Å². The predicted molar refractivity (Wildman–Crippen MR) is 79.8 cm³/mol. The fourth-order valence-corrected chi connectivity index (χ4v) is 1.76. The van der Waals surface area contributed by atoms with E-state index in [-0.39, 0.29) is 5.75 Å². The van der Waals surface area contributed by atoms with E-state index in [9.17, 15) is 54.8 Å². The number of nitrogens with zero attached hydrogens (tertiary/aromatic N) is 1. The van der Waals surface area contributed by atoms with Crippen molar-refractivity contribution in [3.8, 4) is 5.75 Å². The van der Waals surface area contributed by atoms with Crippen molar-refractivity contribution in [3.05, 3.63) is 34.4 Å². The molecule has 7 nitrogen and oxygen atoms in total. The Hall–Kier alpha value is -3.00. The minimum Gasteiger partial charge on any atom is -0.459 e. The molecule has 0 atom stereocenters. The quantitative estimate of drug-likeness (QED) is 0.175. The molecule has 0 aliphatic heterocycles. The first-order valence-corrected chi connectivity index (χ1v) is 7.64. The molecule has 0 bridgehead atoms. The van der Waals surface area contributed by atoms with E-state index >= 15 is 0 Å². The van der Waals surface area contributed by atoms with E-state index in [1.807, 2.05) is 0 Å². The van der Waals surface area contributed by atoms with Crippen molar-refractivity contribution in [2.45, 2.75) is 37.0 Å². The number of nitro benzene ring substituents is 1. The van der Waals surface area contributed by atoms with Crippen LogP contribution in [0.25, 0.3) is 0 Å². The SMILES string of the molecule is O=C(CCC(=O)Oc1cccc([N+](=O)[O-])c1)OCC(F)(F)C(F)(F)C(F)(F)C(F)F. The average Bonchev–Trinajstić information content (AvgIpc) is 2.64. The molecule has 15 heteroatoms. The third-order valence-electron chi connectivity index (χ3n) is 3.36. The Kier molecular flexibility index (Phi) is 7.69. The maximum atomic E-state index is 13.2. The van der Waals surface area contributed by atoms with Crippen molar-refractivity contribution in [2.24, 2.45) is 0 Å². The van der Waals surface area contributed by atoms with E-state index in [0.29, 0.717) is 0 Å². The van der Waals surface area contributed by atoms with Gasteiger partial charge in [0, 0.05) is 6.07 Å². The molecule has 0 aliphatic rings. The van der Waals surface area contributed by atoms with E-state index in [2.05, 4.69) is 9.47 Å². The molecule has 0 radical (unpaired) electrons. The minimum absolute atomic E-state index is 0.303. The topological polar surface area (TPSA) is 95.7 Å². The van der Waals surface area contributed by atoms with Crippen LogP contribution in [0.2, 0.25) is 0 Å². The molecule has 0 fully saturated rings. The highest BCUT2D eigenvalue weighted by Gasteiger charge is 2.75. The van der Waals surface area contributed by atoms with E-state index < -0.39 is 66.2 Å². The highest BCUT2D eigenvalue weighted by molar-refractivity contribution is 5.79. The molecule has 0 amide bonds. The van der Waals surface area contributed by atoms with Gasteiger partial charge < -0.3 is 9.47 Å². The first kappa shape index (κ1) is 25.0. The summed E-state index contributed by atoms with van der Waals surface area (Å²) in [6.45, 7) is -2.65. The molecule has 0 saturated carbocycles. The highest BCUT2D eigenvalue weighted by Crippen LogP contribution is 2.48. The Bertz CT molecular complexity index is 801. The number of hydrogen-bond acceptors (Lipinski definition) is 6. The Morgan fingerprint density at radius 2 is 1.60 bits per heavy atom. The third kappa shape index (κ3) is 5.76. The summed E-state index contributed by atoms with van der Waals surface area (Å²) in [7, 11) is 0. The fraction of sp³-hybridized carbons (Fsp3) is 0.467. The highest BCUT2D eigenvalue weighted by atomic mass is 19.4. The molecule has 0 aliphatic carbocycles. The first-order chi connectivity index (χ1) is 13.6. The fourth-order valence-electron chi connectivity index (χ4n) is 1.76. The van der Waals surface area contributed by atoms with Gasteiger partial charge in [0.25, 0.3) is 5.69 Å². The number of carbonyl (C=O) groups excluding carboxylic acids is 2. The number of hydrogen-bond donors (Lipinski definition) is 0. The number of ether oxygens (including phenoxy) is 2. The standard InChI is InChI=1S/C15H11F8NO6/c16-12(17)14(20,21)15(22,23)13(18,19)7-29-10(25)4-5-11(26)30-9-3-1-2-8(6-9)24(27)28/h1-3,6,12H,4-5,7H2. The maximum Gasteiger partial charge on any atom is 0.381 e. The van der Waals surface area contributed by atoms with Crippen molar-refractivity contribution in [1.29, 1.82) is 0 Å². The third-order valence-corrected chi connectivity index (χ3v) is 3.36. The van der Waals surface area contributed by atoms with Crippen LogP contribution in [0, 0.1) is 10.1 Å². The number of alkyl halides is 8. The van der Waals surface area contributed by atoms with Crippen molar-refractivity contribution in [3.63, 3.8) is 0 Å². The molecule has 1 rings (SSSR count). The van der Waals surface area contributed by atoms with Gasteiger partial charge in [-0.25, -0.2) is 8.78 Å². The smallest absolute Gasteiger partial charge is 0.381 e. The van der Waals surface area contributed by atoms with Crippen molar-refractivity contribution in [2.75, 3.05) is 6.61 Å². The van der Waals surface area contributed by atoms with Crippen LogP contribution in [-0.2, 0) is 14.3 Å². The number of rotatable bonds is 10. The summed E-state index contributed by atoms with van der Waals surface area (Å²) in [5, 5.41) is 10.6. The largest absolute Gasteiger partial charge is 0.459 e. The minimum atomic E-state index is -6.53. The zero-order chi connectivity index (χ0) is 23.3. The van der Waals surface area contributed by atoms with Crippen molar-refractivity contribution < 1.29 is 59.1 Å². The van der Waals surface area contributed by atoms with Gasteiger partial charge in [0.05, 0.1) is 23.8 Å². The zero-order valence-electron chi connectivity index (χ0n) is 14.4. The number of non-ortho nitro benzene ring substituents is 1. The van der Waals surface area contributed by atoms with Crippen LogP contribution in [-0.4, -0.2) is 47.7 Å². The molecular formula is C15H11F8NO6.